The summed E-state index contributed by atoms with van der Waals surface area (Å²) in [5.74, 6) is -0.785. The fourth-order valence-electron chi connectivity index (χ4n) is 2.30. The van der Waals surface area contributed by atoms with Gasteiger partial charge in [-0.2, -0.15) is 5.10 Å². The van der Waals surface area contributed by atoms with Gasteiger partial charge in [0.05, 0.1) is 0 Å². The monoisotopic (exact) mass is 325 g/mol. The molecular weight excluding hydrogens is 309 g/mol. The Labute approximate surface area is 138 Å². The van der Waals surface area contributed by atoms with E-state index in [4.69, 9.17) is 5.11 Å². The third-order valence-corrected chi connectivity index (χ3v) is 3.53. The van der Waals surface area contributed by atoms with E-state index in [2.05, 4.69) is 10.4 Å². The topological polar surface area (TPSA) is 67.2 Å². The summed E-state index contributed by atoms with van der Waals surface area (Å²) < 4.78 is 15.1. The van der Waals surface area contributed by atoms with Gasteiger partial charge < -0.3 is 10.4 Å². The molecule has 0 radical (unpaired) electrons. The van der Waals surface area contributed by atoms with Gasteiger partial charge in [-0.05, 0) is 42.3 Å². The second-order valence-corrected chi connectivity index (χ2v) is 5.22. The minimum absolute atomic E-state index is 0.0825. The first-order valence-electron chi connectivity index (χ1n) is 7.49. The highest BCUT2D eigenvalue weighted by Crippen LogP contribution is 2.14. The van der Waals surface area contributed by atoms with Gasteiger partial charge in [0.15, 0.2) is 5.69 Å². The highest BCUT2D eigenvalue weighted by molar-refractivity contribution is 6.02. The third-order valence-electron chi connectivity index (χ3n) is 3.53. The Morgan fingerprint density at radius 3 is 2.58 bits per heavy atom. The van der Waals surface area contributed by atoms with Gasteiger partial charge in [-0.1, -0.05) is 24.3 Å². The summed E-state index contributed by atoms with van der Waals surface area (Å²) in [6.45, 7) is 0.0825. The minimum Gasteiger partial charge on any atom is -0.396 e. The molecule has 24 heavy (non-hydrogen) atoms. The second-order valence-electron chi connectivity index (χ2n) is 5.22. The van der Waals surface area contributed by atoms with Crippen molar-refractivity contribution in [3.8, 4) is 5.69 Å². The number of aliphatic hydroxyl groups is 1. The highest BCUT2D eigenvalue weighted by atomic mass is 19.1. The van der Waals surface area contributed by atoms with Crippen LogP contribution < -0.4 is 5.32 Å². The van der Waals surface area contributed by atoms with Gasteiger partial charge >= 0.3 is 0 Å². The molecule has 0 fully saturated rings. The number of nitrogens with one attached hydrogen (secondary N) is 1. The predicted molar refractivity (Wildman–Crippen MR) is 88.7 cm³/mol. The SMILES string of the molecule is O=C(Nc1ccc(CCO)cc1)c1ccn(-c2ccccc2F)n1. The van der Waals surface area contributed by atoms with Crippen LogP contribution in [0, 0.1) is 5.82 Å². The van der Waals surface area contributed by atoms with E-state index in [1.165, 1.54) is 23.0 Å². The number of carbonyl (C=O) groups is 1. The lowest BCUT2D eigenvalue weighted by Gasteiger charge is -2.05. The van der Waals surface area contributed by atoms with Gasteiger partial charge in [0, 0.05) is 18.5 Å². The maximum Gasteiger partial charge on any atom is 0.276 e. The van der Waals surface area contributed by atoms with Gasteiger partial charge in [0.1, 0.15) is 11.5 Å². The van der Waals surface area contributed by atoms with Crippen molar-refractivity contribution in [3.05, 3.63) is 77.9 Å². The number of nitrogens with zero attached hydrogens (tertiary/aromatic N) is 2. The van der Waals surface area contributed by atoms with E-state index in [0.717, 1.165) is 5.56 Å². The van der Waals surface area contributed by atoms with Crippen molar-refractivity contribution in [2.24, 2.45) is 0 Å². The number of aromatic nitrogens is 2. The van der Waals surface area contributed by atoms with Crippen LogP contribution in [0.5, 0.6) is 0 Å². The van der Waals surface area contributed by atoms with E-state index < -0.39 is 5.82 Å². The molecule has 2 aromatic carbocycles. The number of amides is 1. The van der Waals surface area contributed by atoms with Crippen LogP contribution in [-0.2, 0) is 6.42 Å². The standard InChI is InChI=1S/C18H16FN3O2/c19-15-3-1-2-4-17(15)22-11-9-16(21-22)18(24)20-14-7-5-13(6-8-14)10-12-23/h1-9,11,23H,10,12H2,(H,20,24). The molecule has 0 unspecified atom stereocenters. The fraction of sp³-hybridized carbons (Fsp3) is 0.111. The lowest BCUT2D eigenvalue weighted by molar-refractivity contribution is 0.102. The number of para-hydroxylation sites is 1. The smallest absolute Gasteiger partial charge is 0.276 e. The normalized spacial score (nSPS) is 10.6. The summed E-state index contributed by atoms with van der Waals surface area (Å²) in [6.07, 6.45) is 2.11. The fourth-order valence-corrected chi connectivity index (χ4v) is 2.30. The van der Waals surface area contributed by atoms with E-state index in [1.807, 2.05) is 12.1 Å². The number of aliphatic hydroxyl groups excluding tert-OH is 1. The van der Waals surface area contributed by atoms with Crippen LogP contribution in [0.25, 0.3) is 5.69 Å². The molecule has 6 heteroatoms. The zero-order valence-corrected chi connectivity index (χ0v) is 12.8. The zero-order valence-electron chi connectivity index (χ0n) is 12.8. The largest absolute Gasteiger partial charge is 0.396 e. The molecule has 1 aromatic heterocycles. The molecule has 2 N–H and O–H groups in total. The molecule has 0 saturated heterocycles. The summed E-state index contributed by atoms with van der Waals surface area (Å²) in [5, 5.41) is 15.7. The first kappa shape index (κ1) is 15.9. The minimum atomic E-state index is -0.410. The number of hydrogen-bond acceptors (Lipinski definition) is 3. The Hall–Kier alpha value is -2.99. The molecule has 0 aliphatic heterocycles. The highest BCUT2D eigenvalue weighted by Gasteiger charge is 2.12. The molecule has 0 aliphatic carbocycles. The van der Waals surface area contributed by atoms with Crippen molar-refractivity contribution >= 4 is 11.6 Å². The van der Waals surface area contributed by atoms with E-state index in [1.54, 1.807) is 30.3 Å². The van der Waals surface area contributed by atoms with Crippen LogP contribution in [0.3, 0.4) is 0 Å². The quantitative estimate of drug-likeness (QED) is 0.758. The summed E-state index contributed by atoms with van der Waals surface area (Å²) >= 11 is 0. The maximum absolute atomic E-state index is 13.8. The van der Waals surface area contributed by atoms with Crippen LogP contribution in [0.4, 0.5) is 10.1 Å². The second kappa shape index (κ2) is 7.06. The number of benzene rings is 2. The lowest BCUT2D eigenvalue weighted by atomic mass is 10.1. The van der Waals surface area contributed by atoms with Crippen LogP contribution in [0.2, 0.25) is 0 Å². The molecule has 1 amide bonds. The molecule has 0 saturated carbocycles. The van der Waals surface area contributed by atoms with Gasteiger partial charge in [-0.3, -0.25) is 4.79 Å². The van der Waals surface area contributed by atoms with Gasteiger partial charge in [-0.25, -0.2) is 9.07 Å². The van der Waals surface area contributed by atoms with Crippen molar-refractivity contribution in [3.63, 3.8) is 0 Å². The Morgan fingerprint density at radius 2 is 1.88 bits per heavy atom. The van der Waals surface area contributed by atoms with Crippen molar-refractivity contribution in [1.82, 2.24) is 9.78 Å². The average molecular weight is 325 g/mol. The summed E-state index contributed by atoms with van der Waals surface area (Å²) in [5.41, 5.74) is 2.09. The van der Waals surface area contributed by atoms with E-state index >= 15 is 0 Å². The van der Waals surface area contributed by atoms with E-state index in [-0.39, 0.29) is 23.9 Å². The van der Waals surface area contributed by atoms with Crippen molar-refractivity contribution in [2.75, 3.05) is 11.9 Å². The number of rotatable bonds is 5. The first-order valence-corrected chi connectivity index (χ1v) is 7.49. The van der Waals surface area contributed by atoms with Crippen molar-refractivity contribution < 1.29 is 14.3 Å². The Balaban J connectivity index is 1.73. The summed E-state index contributed by atoms with van der Waals surface area (Å²) in [7, 11) is 0. The molecule has 5 nitrogen and oxygen atoms in total. The van der Waals surface area contributed by atoms with Gasteiger partial charge in [0.25, 0.3) is 5.91 Å². The molecule has 122 valence electrons. The summed E-state index contributed by atoms with van der Waals surface area (Å²) in [4.78, 5) is 12.2. The number of hydrogen-bond donors (Lipinski definition) is 2. The lowest BCUT2D eigenvalue weighted by Crippen LogP contribution is -2.13. The Bertz CT molecular complexity index is 843. The molecule has 0 bridgehead atoms. The molecule has 0 spiro atoms. The van der Waals surface area contributed by atoms with Crippen LogP contribution in [-0.4, -0.2) is 27.4 Å². The molecule has 3 aromatic rings. The molecular formula is C18H16FN3O2. The van der Waals surface area contributed by atoms with Crippen molar-refractivity contribution in [2.45, 2.75) is 6.42 Å². The van der Waals surface area contributed by atoms with Gasteiger partial charge in [0.2, 0.25) is 0 Å². The van der Waals surface area contributed by atoms with E-state index in [9.17, 15) is 9.18 Å². The number of carbonyl (C=O) groups excluding carboxylic acids is 1. The molecule has 0 atom stereocenters. The van der Waals surface area contributed by atoms with Gasteiger partial charge in [-0.15, -0.1) is 0 Å². The summed E-state index contributed by atoms with van der Waals surface area (Å²) in [6, 6.07) is 14.9. The van der Waals surface area contributed by atoms with Crippen LogP contribution >= 0.6 is 0 Å². The Morgan fingerprint density at radius 1 is 1.12 bits per heavy atom. The molecule has 0 aliphatic rings. The average Bonchev–Trinajstić information content (AvgIpc) is 3.07. The predicted octanol–water partition coefficient (Wildman–Crippen LogP) is 2.80. The third kappa shape index (κ3) is 3.49. The molecule has 3 rings (SSSR count). The number of halogens is 1. The van der Waals surface area contributed by atoms with Crippen LogP contribution in [0.15, 0.2) is 60.8 Å². The van der Waals surface area contributed by atoms with E-state index in [0.29, 0.717) is 12.1 Å². The molecule has 1 heterocycles. The Kier molecular flexibility index (Phi) is 4.67. The zero-order chi connectivity index (χ0) is 16.9. The van der Waals surface area contributed by atoms with Crippen LogP contribution in [0.1, 0.15) is 16.1 Å². The first-order chi connectivity index (χ1) is 11.7. The number of anilines is 1. The maximum atomic E-state index is 13.8. The van der Waals surface area contributed by atoms with Crippen molar-refractivity contribution in [1.29, 1.82) is 0 Å².